The highest BCUT2D eigenvalue weighted by atomic mass is 32.2. The number of hydrogen-bond donors (Lipinski definition) is 2. The third-order valence-electron chi connectivity index (χ3n) is 1.92. The number of aromatic nitrogens is 3. The molecule has 0 aliphatic carbocycles. The molecule has 0 amide bonds. The van der Waals surface area contributed by atoms with Crippen LogP contribution in [0.5, 0.6) is 0 Å². The van der Waals surface area contributed by atoms with Crippen LogP contribution in [0.3, 0.4) is 0 Å². The Morgan fingerprint density at radius 1 is 1.71 bits per heavy atom. The minimum absolute atomic E-state index is 0.178. The zero-order chi connectivity index (χ0) is 10.6. The molecule has 0 aliphatic rings. The Bertz CT molecular complexity index is 332. The highest BCUT2D eigenvalue weighted by Gasteiger charge is 2.07. The summed E-state index contributed by atoms with van der Waals surface area (Å²) in [7, 11) is 1.69. The molecule has 1 unspecified atom stereocenters. The molecule has 0 spiro atoms. The Balaban J connectivity index is 2.45. The van der Waals surface area contributed by atoms with Crippen molar-refractivity contribution < 1.29 is 0 Å². The Morgan fingerprint density at radius 3 is 2.93 bits per heavy atom. The predicted octanol–water partition coefficient (Wildman–Crippen LogP) is 0.328. The molecule has 0 fully saturated rings. The van der Waals surface area contributed by atoms with E-state index in [2.05, 4.69) is 17.1 Å². The first kappa shape index (κ1) is 11.3. The Labute approximate surface area is 87.1 Å². The van der Waals surface area contributed by atoms with Crippen molar-refractivity contribution in [1.29, 1.82) is 0 Å². The van der Waals surface area contributed by atoms with Gasteiger partial charge in [-0.2, -0.15) is 0 Å². The second-order valence-corrected chi connectivity index (χ2v) is 4.22. The molecule has 1 aromatic heterocycles. The fourth-order valence-electron chi connectivity index (χ4n) is 1.10. The summed E-state index contributed by atoms with van der Waals surface area (Å²) in [6.45, 7) is 2.11. The fraction of sp³-hybridized carbons (Fsp3) is 0.750. The number of aromatic amines is 1. The van der Waals surface area contributed by atoms with Crippen molar-refractivity contribution in [2.75, 3.05) is 5.75 Å². The van der Waals surface area contributed by atoms with E-state index in [0.717, 1.165) is 18.6 Å². The van der Waals surface area contributed by atoms with E-state index >= 15 is 0 Å². The Morgan fingerprint density at radius 2 is 2.43 bits per heavy atom. The highest BCUT2D eigenvalue weighted by molar-refractivity contribution is 7.99. The van der Waals surface area contributed by atoms with Gasteiger partial charge in [-0.25, -0.2) is 9.89 Å². The first-order valence-electron chi connectivity index (χ1n) is 4.65. The van der Waals surface area contributed by atoms with Gasteiger partial charge < -0.3 is 5.73 Å². The maximum Gasteiger partial charge on any atom is 0.343 e. The van der Waals surface area contributed by atoms with Crippen molar-refractivity contribution in [3.8, 4) is 0 Å². The van der Waals surface area contributed by atoms with E-state index in [0.29, 0.717) is 5.16 Å². The van der Waals surface area contributed by atoms with Crippen molar-refractivity contribution in [3.63, 3.8) is 0 Å². The van der Waals surface area contributed by atoms with Gasteiger partial charge in [0.05, 0.1) is 0 Å². The van der Waals surface area contributed by atoms with Crippen LogP contribution >= 0.6 is 11.8 Å². The maximum atomic E-state index is 11.0. The molecule has 0 bridgehead atoms. The average Bonchev–Trinajstić information content (AvgIpc) is 2.46. The third-order valence-corrected chi connectivity index (χ3v) is 3.14. The van der Waals surface area contributed by atoms with Crippen LogP contribution in [-0.4, -0.2) is 26.6 Å². The summed E-state index contributed by atoms with van der Waals surface area (Å²) in [4.78, 5) is 11.0. The number of hydrogen-bond acceptors (Lipinski definition) is 4. The molecule has 14 heavy (non-hydrogen) atoms. The van der Waals surface area contributed by atoms with Crippen LogP contribution in [0, 0.1) is 0 Å². The summed E-state index contributed by atoms with van der Waals surface area (Å²) in [5.41, 5.74) is 5.66. The van der Waals surface area contributed by atoms with Gasteiger partial charge in [0.1, 0.15) is 0 Å². The summed E-state index contributed by atoms with van der Waals surface area (Å²) in [6.07, 6.45) is 2.09. The molecule has 0 saturated heterocycles. The molecule has 5 nitrogen and oxygen atoms in total. The van der Waals surface area contributed by atoms with Crippen LogP contribution in [0.25, 0.3) is 0 Å². The van der Waals surface area contributed by atoms with E-state index in [1.165, 1.54) is 16.3 Å². The molecule has 6 heteroatoms. The van der Waals surface area contributed by atoms with Crippen LogP contribution in [0.15, 0.2) is 9.95 Å². The lowest BCUT2D eigenvalue weighted by molar-refractivity contribution is 0.658. The first-order valence-corrected chi connectivity index (χ1v) is 5.63. The normalized spacial score (nSPS) is 13.1. The summed E-state index contributed by atoms with van der Waals surface area (Å²) in [6, 6.07) is 0.178. The van der Waals surface area contributed by atoms with Gasteiger partial charge in [0.15, 0.2) is 5.16 Å². The zero-order valence-corrected chi connectivity index (χ0v) is 9.30. The van der Waals surface area contributed by atoms with Crippen LogP contribution in [-0.2, 0) is 7.05 Å². The number of nitrogens with two attached hydrogens (primary N) is 1. The van der Waals surface area contributed by atoms with Gasteiger partial charge in [-0.1, -0.05) is 25.1 Å². The Hall–Kier alpha value is -0.750. The lowest BCUT2D eigenvalue weighted by Crippen LogP contribution is -2.22. The second kappa shape index (κ2) is 5.21. The molecular weight excluding hydrogens is 200 g/mol. The van der Waals surface area contributed by atoms with Crippen LogP contribution < -0.4 is 11.4 Å². The lowest BCUT2D eigenvalue weighted by atomic mass is 10.2. The molecular formula is C8H16N4OS. The van der Waals surface area contributed by atoms with Gasteiger partial charge in [-0.15, -0.1) is 5.10 Å². The maximum absolute atomic E-state index is 11.0. The van der Waals surface area contributed by atoms with Gasteiger partial charge in [-0.3, -0.25) is 4.57 Å². The average molecular weight is 216 g/mol. The van der Waals surface area contributed by atoms with Crippen molar-refractivity contribution in [3.05, 3.63) is 10.5 Å². The summed E-state index contributed by atoms with van der Waals surface area (Å²) < 4.78 is 1.49. The number of H-pyrrole nitrogens is 1. The largest absolute Gasteiger partial charge is 0.343 e. The highest BCUT2D eigenvalue weighted by Crippen LogP contribution is 2.13. The molecule has 1 heterocycles. The summed E-state index contributed by atoms with van der Waals surface area (Å²) in [5.74, 6) is 0.798. The molecule has 1 aromatic rings. The topological polar surface area (TPSA) is 76.7 Å². The van der Waals surface area contributed by atoms with E-state index in [-0.39, 0.29) is 11.7 Å². The van der Waals surface area contributed by atoms with Gasteiger partial charge in [0.2, 0.25) is 0 Å². The number of rotatable bonds is 5. The number of nitrogens with zero attached hydrogens (tertiary/aromatic N) is 2. The second-order valence-electron chi connectivity index (χ2n) is 3.23. The smallest absolute Gasteiger partial charge is 0.327 e. The minimum Gasteiger partial charge on any atom is -0.327 e. The van der Waals surface area contributed by atoms with Crippen LogP contribution in [0.4, 0.5) is 0 Å². The third kappa shape index (κ3) is 2.88. The number of nitrogens with one attached hydrogen (secondary N) is 1. The monoisotopic (exact) mass is 216 g/mol. The molecule has 80 valence electrons. The predicted molar refractivity (Wildman–Crippen MR) is 57.4 cm³/mol. The fourth-order valence-corrected chi connectivity index (χ4v) is 2.01. The van der Waals surface area contributed by atoms with Gasteiger partial charge >= 0.3 is 5.69 Å². The van der Waals surface area contributed by atoms with Crippen molar-refractivity contribution in [2.24, 2.45) is 12.8 Å². The molecule has 1 atom stereocenters. The van der Waals surface area contributed by atoms with Gasteiger partial charge in [-0.05, 0) is 6.42 Å². The van der Waals surface area contributed by atoms with Crippen molar-refractivity contribution in [2.45, 2.75) is 31.0 Å². The standard InChI is InChI=1S/C8H16N4OS/c1-3-4-6(9)5-14-8-11-10-7(13)12(8)2/h6H,3-5,9H2,1-2H3,(H,10,13). The van der Waals surface area contributed by atoms with E-state index in [4.69, 9.17) is 5.73 Å². The molecule has 0 aliphatic heterocycles. The number of thioether (sulfide) groups is 1. The van der Waals surface area contributed by atoms with Crippen LogP contribution in [0.1, 0.15) is 19.8 Å². The molecule has 3 N–H and O–H groups in total. The van der Waals surface area contributed by atoms with Crippen LogP contribution in [0.2, 0.25) is 0 Å². The summed E-state index contributed by atoms with van der Waals surface area (Å²) in [5, 5.41) is 6.96. The quantitative estimate of drug-likeness (QED) is 0.695. The van der Waals surface area contributed by atoms with Gasteiger partial charge in [0.25, 0.3) is 0 Å². The summed E-state index contributed by atoms with van der Waals surface area (Å²) >= 11 is 1.51. The zero-order valence-electron chi connectivity index (χ0n) is 8.49. The van der Waals surface area contributed by atoms with E-state index in [9.17, 15) is 4.79 Å². The van der Waals surface area contributed by atoms with E-state index in [1.807, 2.05) is 0 Å². The lowest BCUT2D eigenvalue weighted by Gasteiger charge is -2.08. The van der Waals surface area contributed by atoms with E-state index < -0.39 is 0 Å². The molecule has 0 radical (unpaired) electrons. The molecule has 0 aromatic carbocycles. The van der Waals surface area contributed by atoms with Gasteiger partial charge in [0, 0.05) is 18.8 Å². The minimum atomic E-state index is -0.184. The SMILES string of the molecule is CCCC(N)CSc1n[nH]c(=O)n1C. The Kier molecular flexibility index (Phi) is 4.21. The van der Waals surface area contributed by atoms with E-state index in [1.54, 1.807) is 7.05 Å². The van der Waals surface area contributed by atoms with Crippen molar-refractivity contribution in [1.82, 2.24) is 14.8 Å². The first-order chi connectivity index (χ1) is 6.65. The molecule has 1 rings (SSSR count). The molecule has 0 saturated carbocycles. The van der Waals surface area contributed by atoms with Crippen molar-refractivity contribution >= 4 is 11.8 Å².